The number of aliphatic carboxylic acids is 1. The minimum Gasteiger partial charge on any atom is -0.481 e. The first-order valence-corrected chi connectivity index (χ1v) is 9.16. The number of nitrogens with one attached hydrogen (secondary N) is 1. The molecule has 7 heteroatoms. The fraction of sp³-hybridized carbons (Fsp3) is 0.500. The Balaban J connectivity index is 2.03. The van der Waals surface area contributed by atoms with Crippen molar-refractivity contribution < 1.29 is 18.3 Å². The highest BCUT2D eigenvalue weighted by Gasteiger charge is 2.31. The van der Waals surface area contributed by atoms with Gasteiger partial charge in [0.05, 0.1) is 10.8 Å². The minimum absolute atomic E-state index is 0.138. The Bertz CT molecular complexity index is 600. The Morgan fingerprint density at radius 2 is 1.86 bits per heavy atom. The highest BCUT2D eigenvalue weighted by atomic mass is 79.9. The molecular formula is C14H18BrNO4S. The van der Waals surface area contributed by atoms with E-state index in [2.05, 4.69) is 20.7 Å². The lowest BCUT2D eigenvalue weighted by Gasteiger charge is -2.28. The van der Waals surface area contributed by atoms with Gasteiger partial charge in [-0.05, 0) is 43.0 Å². The quantitative estimate of drug-likeness (QED) is 0.828. The third-order valence-corrected chi connectivity index (χ3v) is 5.85. The van der Waals surface area contributed by atoms with Gasteiger partial charge in [-0.15, -0.1) is 0 Å². The van der Waals surface area contributed by atoms with Crippen LogP contribution < -0.4 is 4.72 Å². The van der Waals surface area contributed by atoms with E-state index in [1.807, 2.05) is 0 Å². The lowest BCUT2D eigenvalue weighted by Crippen LogP contribution is -2.37. The van der Waals surface area contributed by atoms with E-state index in [4.69, 9.17) is 0 Å². The van der Waals surface area contributed by atoms with E-state index in [1.165, 1.54) is 12.1 Å². The summed E-state index contributed by atoms with van der Waals surface area (Å²) in [4.78, 5) is 11.4. The second-order valence-electron chi connectivity index (χ2n) is 5.30. The number of halogens is 1. The van der Waals surface area contributed by atoms with Crippen molar-refractivity contribution in [3.8, 4) is 0 Å². The molecule has 1 aromatic carbocycles. The van der Waals surface area contributed by atoms with Gasteiger partial charge in [0.15, 0.2) is 0 Å². The van der Waals surface area contributed by atoms with Gasteiger partial charge < -0.3 is 5.11 Å². The van der Waals surface area contributed by atoms with Crippen molar-refractivity contribution in [1.29, 1.82) is 0 Å². The molecule has 0 bridgehead atoms. The molecule has 0 aromatic heterocycles. The molecule has 5 nitrogen and oxygen atoms in total. The van der Waals surface area contributed by atoms with Gasteiger partial charge in [-0.1, -0.05) is 28.8 Å². The molecular weight excluding hydrogens is 358 g/mol. The zero-order valence-corrected chi connectivity index (χ0v) is 13.9. The number of sulfonamides is 1. The van der Waals surface area contributed by atoms with Gasteiger partial charge in [0.25, 0.3) is 0 Å². The SMILES string of the molecule is O=C(O)C1CCCCC1CNS(=O)(=O)c1ccc(Br)cc1. The maximum Gasteiger partial charge on any atom is 0.306 e. The summed E-state index contributed by atoms with van der Waals surface area (Å²) in [5.74, 6) is -1.42. The smallest absolute Gasteiger partial charge is 0.306 e. The van der Waals surface area contributed by atoms with Crippen LogP contribution in [-0.4, -0.2) is 26.0 Å². The summed E-state index contributed by atoms with van der Waals surface area (Å²) in [5, 5.41) is 9.20. The van der Waals surface area contributed by atoms with Gasteiger partial charge in [-0.25, -0.2) is 13.1 Å². The molecule has 1 aliphatic carbocycles. The first-order chi connectivity index (χ1) is 9.90. The largest absolute Gasteiger partial charge is 0.481 e. The van der Waals surface area contributed by atoms with E-state index >= 15 is 0 Å². The normalized spacial score (nSPS) is 22.9. The number of rotatable bonds is 5. The number of carboxylic acids is 1. The summed E-state index contributed by atoms with van der Waals surface area (Å²) in [7, 11) is -3.59. The Morgan fingerprint density at radius 1 is 1.24 bits per heavy atom. The predicted molar refractivity (Wildman–Crippen MR) is 82.4 cm³/mol. The van der Waals surface area contributed by atoms with Crippen LogP contribution in [0.3, 0.4) is 0 Å². The van der Waals surface area contributed by atoms with Crippen LogP contribution in [0.4, 0.5) is 0 Å². The van der Waals surface area contributed by atoms with E-state index in [0.717, 1.165) is 23.7 Å². The van der Waals surface area contributed by atoms with Crippen molar-refractivity contribution in [2.45, 2.75) is 30.6 Å². The molecule has 2 unspecified atom stereocenters. The average molecular weight is 376 g/mol. The number of hydrogen-bond donors (Lipinski definition) is 2. The molecule has 2 N–H and O–H groups in total. The third kappa shape index (κ3) is 4.28. The van der Waals surface area contributed by atoms with E-state index in [0.29, 0.717) is 6.42 Å². The molecule has 2 atom stereocenters. The Kier molecular flexibility index (Phi) is 5.40. The van der Waals surface area contributed by atoms with Crippen LogP contribution >= 0.6 is 15.9 Å². The van der Waals surface area contributed by atoms with Crippen molar-refractivity contribution in [1.82, 2.24) is 4.72 Å². The van der Waals surface area contributed by atoms with Crippen LogP contribution in [0.1, 0.15) is 25.7 Å². The summed E-state index contributed by atoms with van der Waals surface area (Å²) < 4.78 is 27.7. The van der Waals surface area contributed by atoms with Crippen LogP contribution in [0.5, 0.6) is 0 Å². The number of hydrogen-bond acceptors (Lipinski definition) is 3. The molecule has 21 heavy (non-hydrogen) atoms. The fourth-order valence-electron chi connectivity index (χ4n) is 2.69. The second-order valence-corrected chi connectivity index (χ2v) is 7.98. The number of carbonyl (C=O) groups is 1. The van der Waals surface area contributed by atoms with E-state index in [-0.39, 0.29) is 17.4 Å². The van der Waals surface area contributed by atoms with Crippen molar-refractivity contribution in [2.24, 2.45) is 11.8 Å². The molecule has 116 valence electrons. The molecule has 0 saturated heterocycles. The van der Waals surface area contributed by atoms with E-state index < -0.39 is 21.9 Å². The molecule has 0 aliphatic heterocycles. The van der Waals surface area contributed by atoms with E-state index in [9.17, 15) is 18.3 Å². The summed E-state index contributed by atoms with van der Waals surface area (Å²) >= 11 is 3.26. The zero-order chi connectivity index (χ0) is 15.5. The Labute approximate surface area is 132 Å². The topological polar surface area (TPSA) is 83.5 Å². The van der Waals surface area contributed by atoms with Crippen LogP contribution in [0.2, 0.25) is 0 Å². The van der Waals surface area contributed by atoms with Crippen LogP contribution in [-0.2, 0) is 14.8 Å². The summed E-state index contributed by atoms with van der Waals surface area (Å²) in [5.41, 5.74) is 0. The lowest BCUT2D eigenvalue weighted by atomic mass is 9.79. The minimum atomic E-state index is -3.59. The molecule has 1 aliphatic rings. The van der Waals surface area contributed by atoms with Gasteiger partial charge in [-0.3, -0.25) is 4.79 Å². The predicted octanol–water partition coefficient (Wildman–Crippen LogP) is 2.62. The van der Waals surface area contributed by atoms with Crippen molar-refractivity contribution >= 4 is 31.9 Å². The molecule has 0 spiro atoms. The Morgan fingerprint density at radius 3 is 2.48 bits per heavy atom. The first-order valence-electron chi connectivity index (χ1n) is 6.88. The standard InChI is InChI=1S/C14H18BrNO4S/c15-11-5-7-12(8-6-11)21(19,20)16-9-10-3-1-2-4-13(10)14(17)18/h5-8,10,13,16H,1-4,9H2,(H,17,18). The molecule has 0 radical (unpaired) electrons. The molecule has 0 amide bonds. The monoisotopic (exact) mass is 375 g/mol. The van der Waals surface area contributed by atoms with Gasteiger partial charge in [-0.2, -0.15) is 0 Å². The molecule has 0 heterocycles. The number of benzene rings is 1. The van der Waals surface area contributed by atoms with Crippen LogP contribution in [0.25, 0.3) is 0 Å². The van der Waals surface area contributed by atoms with Crippen LogP contribution in [0, 0.1) is 11.8 Å². The Hall–Kier alpha value is -0.920. The lowest BCUT2D eigenvalue weighted by molar-refractivity contribution is -0.144. The van der Waals surface area contributed by atoms with Gasteiger partial charge in [0.2, 0.25) is 10.0 Å². The third-order valence-electron chi connectivity index (χ3n) is 3.89. The average Bonchev–Trinajstić information content (AvgIpc) is 2.46. The molecule has 1 saturated carbocycles. The molecule has 1 fully saturated rings. The highest BCUT2D eigenvalue weighted by Crippen LogP contribution is 2.30. The maximum absolute atomic E-state index is 12.2. The van der Waals surface area contributed by atoms with Gasteiger partial charge in [0.1, 0.15) is 0 Å². The van der Waals surface area contributed by atoms with Crippen molar-refractivity contribution in [3.63, 3.8) is 0 Å². The molecule has 1 aromatic rings. The maximum atomic E-state index is 12.2. The summed E-state index contributed by atoms with van der Waals surface area (Å²) in [6.45, 7) is 0.176. The summed E-state index contributed by atoms with van der Waals surface area (Å²) in [6.07, 6.45) is 3.22. The zero-order valence-electron chi connectivity index (χ0n) is 11.5. The fourth-order valence-corrected chi connectivity index (χ4v) is 4.05. The van der Waals surface area contributed by atoms with E-state index in [1.54, 1.807) is 12.1 Å². The first kappa shape index (κ1) is 16.5. The molecule has 2 rings (SSSR count). The van der Waals surface area contributed by atoms with Gasteiger partial charge >= 0.3 is 5.97 Å². The second kappa shape index (κ2) is 6.89. The highest BCUT2D eigenvalue weighted by molar-refractivity contribution is 9.10. The summed E-state index contributed by atoms with van der Waals surface area (Å²) in [6, 6.07) is 6.36. The van der Waals surface area contributed by atoms with Crippen molar-refractivity contribution in [3.05, 3.63) is 28.7 Å². The van der Waals surface area contributed by atoms with Crippen LogP contribution in [0.15, 0.2) is 33.6 Å². The van der Waals surface area contributed by atoms with Gasteiger partial charge in [0, 0.05) is 11.0 Å². The van der Waals surface area contributed by atoms with Crippen molar-refractivity contribution in [2.75, 3.05) is 6.54 Å². The number of carboxylic acid groups (broad SMARTS) is 1.